The Bertz CT molecular complexity index is 498. The van der Waals surface area contributed by atoms with Crippen LogP contribution in [0, 0.1) is 0 Å². The molecule has 1 unspecified atom stereocenters. The van der Waals surface area contributed by atoms with Gasteiger partial charge in [0, 0.05) is 5.02 Å². The normalized spacial score (nSPS) is 12.1. The molecule has 5 heteroatoms. The molecule has 1 heterocycles. The fourth-order valence-electron chi connectivity index (χ4n) is 1.50. The fourth-order valence-corrected chi connectivity index (χ4v) is 1.70. The predicted octanol–water partition coefficient (Wildman–Crippen LogP) is 2.89. The average Bonchev–Trinajstić information content (AvgIpc) is 2.32. The fraction of sp³-hybridized carbons (Fsp3) is 0.167. The highest BCUT2D eigenvalue weighted by Crippen LogP contribution is 2.20. The van der Waals surface area contributed by atoms with Crippen LogP contribution in [0.2, 0.25) is 5.02 Å². The molecule has 1 atom stereocenters. The van der Waals surface area contributed by atoms with E-state index in [1.165, 1.54) is 0 Å². The lowest BCUT2D eigenvalue weighted by Crippen LogP contribution is -2.08. The van der Waals surface area contributed by atoms with Crippen molar-refractivity contribution in [1.82, 2.24) is 10.2 Å². The van der Waals surface area contributed by atoms with E-state index in [0.717, 1.165) is 10.6 Å². The predicted molar refractivity (Wildman–Crippen MR) is 69.9 cm³/mol. The summed E-state index contributed by atoms with van der Waals surface area (Å²) in [5, 5.41) is 11.7. The number of nitrogens with two attached hydrogens (primary N) is 1. The Kier molecular flexibility index (Phi) is 3.44. The molecule has 0 bridgehead atoms. The van der Waals surface area contributed by atoms with Crippen molar-refractivity contribution in [3.05, 3.63) is 47.0 Å². The van der Waals surface area contributed by atoms with Gasteiger partial charge in [0.05, 0.1) is 6.04 Å². The molecule has 2 rings (SSSR count). The van der Waals surface area contributed by atoms with Crippen molar-refractivity contribution in [1.29, 1.82) is 0 Å². The minimum Gasteiger partial charge on any atom is -0.382 e. The van der Waals surface area contributed by atoms with Gasteiger partial charge in [0.2, 0.25) is 0 Å². The zero-order chi connectivity index (χ0) is 12.3. The maximum absolute atomic E-state index is 5.94. The second kappa shape index (κ2) is 5.01. The van der Waals surface area contributed by atoms with Crippen molar-refractivity contribution in [3.8, 4) is 0 Å². The van der Waals surface area contributed by atoms with Gasteiger partial charge in [-0.1, -0.05) is 23.7 Å². The van der Waals surface area contributed by atoms with Gasteiger partial charge in [-0.15, -0.1) is 10.2 Å². The van der Waals surface area contributed by atoms with E-state index in [4.69, 9.17) is 17.3 Å². The summed E-state index contributed by atoms with van der Waals surface area (Å²) in [6.45, 7) is 2.03. The molecule has 3 N–H and O–H groups in total. The minimum atomic E-state index is 0.103. The summed E-state index contributed by atoms with van der Waals surface area (Å²) in [6.07, 6.45) is 0. The lowest BCUT2D eigenvalue weighted by Gasteiger charge is -2.14. The van der Waals surface area contributed by atoms with Gasteiger partial charge < -0.3 is 11.1 Å². The zero-order valence-corrected chi connectivity index (χ0v) is 10.1. The molecular formula is C12H13ClN4. The van der Waals surface area contributed by atoms with E-state index in [1.807, 2.05) is 31.2 Å². The first-order chi connectivity index (χ1) is 8.15. The number of nitrogen functional groups attached to an aromatic ring is 1. The maximum Gasteiger partial charge on any atom is 0.149 e. The van der Waals surface area contributed by atoms with E-state index in [-0.39, 0.29) is 6.04 Å². The van der Waals surface area contributed by atoms with E-state index in [0.29, 0.717) is 11.6 Å². The van der Waals surface area contributed by atoms with E-state index in [1.54, 1.807) is 12.1 Å². The topological polar surface area (TPSA) is 63.8 Å². The molecule has 0 fully saturated rings. The molecule has 17 heavy (non-hydrogen) atoms. The first kappa shape index (κ1) is 11.7. The molecule has 0 saturated carbocycles. The molecule has 1 aromatic heterocycles. The van der Waals surface area contributed by atoms with Crippen LogP contribution in [0.5, 0.6) is 0 Å². The molecule has 0 saturated heterocycles. The van der Waals surface area contributed by atoms with Crippen molar-refractivity contribution in [3.63, 3.8) is 0 Å². The van der Waals surface area contributed by atoms with Crippen LogP contribution in [0.3, 0.4) is 0 Å². The van der Waals surface area contributed by atoms with Crippen LogP contribution in [0.1, 0.15) is 18.5 Å². The number of hydrogen-bond donors (Lipinski definition) is 2. The summed E-state index contributed by atoms with van der Waals surface area (Å²) in [4.78, 5) is 0. The Morgan fingerprint density at radius 2 is 2.06 bits per heavy atom. The second-order valence-electron chi connectivity index (χ2n) is 3.76. The smallest absolute Gasteiger partial charge is 0.149 e. The maximum atomic E-state index is 5.94. The van der Waals surface area contributed by atoms with Crippen LogP contribution >= 0.6 is 11.6 Å². The van der Waals surface area contributed by atoms with Crippen LogP contribution in [-0.4, -0.2) is 10.2 Å². The van der Waals surface area contributed by atoms with Gasteiger partial charge >= 0.3 is 0 Å². The quantitative estimate of drug-likeness (QED) is 0.877. The van der Waals surface area contributed by atoms with Crippen LogP contribution < -0.4 is 11.1 Å². The van der Waals surface area contributed by atoms with E-state index >= 15 is 0 Å². The van der Waals surface area contributed by atoms with Gasteiger partial charge in [0.25, 0.3) is 0 Å². The highest BCUT2D eigenvalue weighted by atomic mass is 35.5. The number of aromatic nitrogens is 2. The van der Waals surface area contributed by atoms with Gasteiger partial charge in [-0.2, -0.15) is 0 Å². The number of hydrogen-bond acceptors (Lipinski definition) is 4. The molecule has 0 radical (unpaired) electrons. The standard InChI is InChI=1S/C12H13ClN4/c1-8(9-3-2-4-10(13)7-9)15-12-6-5-11(14)16-17-12/h2-8H,1H3,(H2,14,16)(H,15,17). The molecule has 0 aliphatic rings. The van der Waals surface area contributed by atoms with Crippen molar-refractivity contribution < 1.29 is 0 Å². The monoisotopic (exact) mass is 248 g/mol. The van der Waals surface area contributed by atoms with Crippen molar-refractivity contribution in [2.24, 2.45) is 0 Å². The number of anilines is 2. The largest absolute Gasteiger partial charge is 0.382 e. The van der Waals surface area contributed by atoms with Gasteiger partial charge in [-0.25, -0.2) is 0 Å². The van der Waals surface area contributed by atoms with E-state index in [2.05, 4.69) is 15.5 Å². The summed E-state index contributed by atoms with van der Waals surface area (Å²) in [5.41, 5.74) is 6.56. The third kappa shape index (κ3) is 3.07. The van der Waals surface area contributed by atoms with E-state index in [9.17, 15) is 0 Å². The number of nitrogens with one attached hydrogen (secondary N) is 1. The van der Waals surface area contributed by atoms with Crippen molar-refractivity contribution in [2.45, 2.75) is 13.0 Å². The van der Waals surface area contributed by atoms with Crippen LogP contribution in [-0.2, 0) is 0 Å². The molecule has 0 aliphatic heterocycles. The Morgan fingerprint density at radius 1 is 1.24 bits per heavy atom. The van der Waals surface area contributed by atoms with Crippen LogP contribution in [0.25, 0.3) is 0 Å². The van der Waals surface area contributed by atoms with Crippen molar-refractivity contribution >= 4 is 23.2 Å². The molecule has 4 nitrogen and oxygen atoms in total. The van der Waals surface area contributed by atoms with Gasteiger partial charge in [-0.05, 0) is 36.8 Å². The SMILES string of the molecule is CC(Nc1ccc(N)nn1)c1cccc(Cl)c1. The number of halogens is 1. The molecular weight excluding hydrogens is 236 g/mol. The van der Waals surface area contributed by atoms with Crippen LogP contribution in [0.4, 0.5) is 11.6 Å². The Morgan fingerprint density at radius 3 is 2.71 bits per heavy atom. The summed E-state index contributed by atoms with van der Waals surface area (Å²) in [7, 11) is 0. The third-order valence-electron chi connectivity index (χ3n) is 2.40. The Balaban J connectivity index is 2.11. The number of rotatable bonds is 3. The summed E-state index contributed by atoms with van der Waals surface area (Å²) in [6, 6.07) is 11.3. The summed E-state index contributed by atoms with van der Waals surface area (Å²) in [5.74, 6) is 1.10. The van der Waals surface area contributed by atoms with E-state index < -0.39 is 0 Å². The number of nitrogens with zero attached hydrogens (tertiary/aromatic N) is 2. The van der Waals surface area contributed by atoms with Gasteiger partial charge in [-0.3, -0.25) is 0 Å². The van der Waals surface area contributed by atoms with Crippen molar-refractivity contribution in [2.75, 3.05) is 11.1 Å². The highest BCUT2D eigenvalue weighted by Gasteiger charge is 2.06. The average molecular weight is 249 g/mol. The Hall–Kier alpha value is -1.81. The Labute approximate surface area is 105 Å². The van der Waals surface area contributed by atoms with Gasteiger partial charge in [0.1, 0.15) is 11.6 Å². The van der Waals surface area contributed by atoms with Gasteiger partial charge in [0.15, 0.2) is 0 Å². The first-order valence-corrected chi connectivity index (χ1v) is 5.64. The highest BCUT2D eigenvalue weighted by molar-refractivity contribution is 6.30. The second-order valence-corrected chi connectivity index (χ2v) is 4.20. The minimum absolute atomic E-state index is 0.103. The number of benzene rings is 1. The summed E-state index contributed by atoms with van der Waals surface area (Å²) >= 11 is 5.94. The molecule has 2 aromatic rings. The molecule has 0 amide bonds. The third-order valence-corrected chi connectivity index (χ3v) is 2.63. The lowest BCUT2D eigenvalue weighted by molar-refractivity contribution is 0.862. The summed E-state index contributed by atoms with van der Waals surface area (Å²) < 4.78 is 0. The molecule has 0 aliphatic carbocycles. The van der Waals surface area contributed by atoms with Crippen LogP contribution in [0.15, 0.2) is 36.4 Å². The molecule has 1 aromatic carbocycles. The zero-order valence-electron chi connectivity index (χ0n) is 9.39. The molecule has 88 valence electrons. The lowest BCUT2D eigenvalue weighted by atomic mass is 10.1. The first-order valence-electron chi connectivity index (χ1n) is 5.26. The molecule has 0 spiro atoms.